The van der Waals surface area contributed by atoms with Crippen molar-refractivity contribution in [2.75, 3.05) is 5.32 Å². The fraction of sp³-hybridized carbons (Fsp3) is 0.0714. The number of benzene rings is 1. The first-order chi connectivity index (χ1) is 9.61. The number of aryl methyl sites for hydroxylation is 1. The minimum atomic E-state index is -0.414. The van der Waals surface area contributed by atoms with Crippen molar-refractivity contribution in [3.8, 4) is 0 Å². The molecule has 0 aliphatic rings. The summed E-state index contributed by atoms with van der Waals surface area (Å²) in [4.78, 5) is 20.1. The first kappa shape index (κ1) is 12.6. The van der Waals surface area contributed by atoms with Gasteiger partial charge in [-0.1, -0.05) is 29.8 Å². The number of carbonyl (C=O) groups excluding carboxylic acids is 1. The van der Waals surface area contributed by atoms with E-state index in [1.807, 2.05) is 18.2 Å². The van der Waals surface area contributed by atoms with Gasteiger partial charge in [0.1, 0.15) is 10.7 Å². The zero-order chi connectivity index (χ0) is 14.1. The van der Waals surface area contributed by atoms with Gasteiger partial charge < -0.3 is 4.42 Å². The summed E-state index contributed by atoms with van der Waals surface area (Å²) < 4.78 is 5.46. The number of anilines is 1. The van der Waals surface area contributed by atoms with Crippen molar-refractivity contribution in [2.24, 2.45) is 0 Å². The van der Waals surface area contributed by atoms with E-state index in [1.165, 1.54) is 0 Å². The summed E-state index contributed by atoms with van der Waals surface area (Å²) in [6.45, 7) is 1.77. The molecule has 20 heavy (non-hydrogen) atoms. The van der Waals surface area contributed by atoms with Crippen LogP contribution in [0.25, 0.3) is 11.0 Å². The van der Waals surface area contributed by atoms with E-state index in [1.54, 1.807) is 25.1 Å². The number of hydrogen-bond acceptors (Lipinski definition) is 4. The molecule has 0 fully saturated rings. The number of hydrogen-bond donors (Lipinski definition) is 1. The highest BCUT2D eigenvalue weighted by atomic mass is 35.5. The number of fused-ring (bicyclic) bond motifs is 1. The summed E-state index contributed by atoms with van der Waals surface area (Å²) in [6.07, 6.45) is 0. The number of para-hydroxylation sites is 1. The van der Waals surface area contributed by atoms with Crippen LogP contribution in [0, 0.1) is 6.92 Å². The molecule has 5 nitrogen and oxygen atoms in total. The molecule has 0 spiro atoms. The van der Waals surface area contributed by atoms with Gasteiger partial charge in [-0.05, 0) is 25.1 Å². The third kappa shape index (κ3) is 2.48. The number of nitrogens with zero attached hydrogens (tertiary/aromatic N) is 2. The summed E-state index contributed by atoms with van der Waals surface area (Å²) in [7, 11) is 0. The van der Waals surface area contributed by atoms with Gasteiger partial charge in [-0.2, -0.15) is 0 Å². The molecule has 0 saturated heterocycles. The van der Waals surface area contributed by atoms with Gasteiger partial charge in [-0.15, -0.1) is 0 Å². The van der Waals surface area contributed by atoms with Gasteiger partial charge in [-0.3, -0.25) is 10.1 Å². The third-order valence-electron chi connectivity index (χ3n) is 2.70. The van der Waals surface area contributed by atoms with Crippen LogP contribution in [-0.4, -0.2) is 15.9 Å². The van der Waals surface area contributed by atoms with Gasteiger partial charge in [0.05, 0.1) is 0 Å². The first-order valence-corrected chi connectivity index (χ1v) is 6.31. The lowest BCUT2D eigenvalue weighted by atomic mass is 10.2. The predicted octanol–water partition coefficient (Wildman–Crippen LogP) is 3.44. The van der Waals surface area contributed by atoms with Crippen LogP contribution >= 0.6 is 11.6 Å². The minimum absolute atomic E-state index is 0.153. The average molecular weight is 288 g/mol. The Morgan fingerprint density at radius 3 is 2.80 bits per heavy atom. The molecule has 1 aromatic carbocycles. The van der Waals surface area contributed by atoms with Gasteiger partial charge in [0, 0.05) is 11.1 Å². The summed E-state index contributed by atoms with van der Waals surface area (Å²) in [5, 5.41) is 3.70. The predicted molar refractivity (Wildman–Crippen MR) is 75.9 cm³/mol. The molecule has 2 aromatic heterocycles. The molecule has 3 aromatic rings. The van der Waals surface area contributed by atoms with Crippen molar-refractivity contribution in [3.05, 3.63) is 53.0 Å². The largest absolute Gasteiger partial charge is 0.451 e. The average Bonchev–Trinajstić information content (AvgIpc) is 2.81. The molecule has 0 saturated carbocycles. The van der Waals surface area contributed by atoms with E-state index < -0.39 is 5.91 Å². The fourth-order valence-electron chi connectivity index (χ4n) is 1.84. The molecule has 0 atom stereocenters. The van der Waals surface area contributed by atoms with Crippen LogP contribution in [0.15, 0.2) is 40.8 Å². The zero-order valence-corrected chi connectivity index (χ0v) is 11.3. The minimum Gasteiger partial charge on any atom is -0.451 e. The molecule has 0 radical (unpaired) electrons. The van der Waals surface area contributed by atoms with Crippen molar-refractivity contribution >= 4 is 34.4 Å². The molecule has 2 heterocycles. The van der Waals surface area contributed by atoms with Crippen LogP contribution in [-0.2, 0) is 0 Å². The Morgan fingerprint density at radius 2 is 2.05 bits per heavy atom. The maximum Gasteiger partial charge on any atom is 0.293 e. The summed E-state index contributed by atoms with van der Waals surface area (Å²) in [5.74, 6) is -0.0595. The summed E-state index contributed by atoms with van der Waals surface area (Å²) in [6, 6.07) is 10.7. The fourth-order valence-corrected chi connectivity index (χ4v) is 2.08. The maximum absolute atomic E-state index is 12.1. The number of nitrogens with one attached hydrogen (secondary N) is 1. The molecule has 0 unspecified atom stereocenters. The Labute approximate surface area is 119 Å². The molecule has 1 N–H and O–H groups in total. The molecule has 0 aliphatic heterocycles. The van der Waals surface area contributed by atoms with E-state index in [0.717, 1.165) is 5.39 Å². The smallest absolute Gasteiger partial charge is 0.293 e. The van der Waals surface area contributed by atoms with E-state index in [-0.39, 0.29) is 16.9 Å². The second-order valence-electron chi connectivity index (χ2n) is 4.26. The Morgan fingerprint density at radius 1 is 1.25 bits per heavy atom. The van der Waals surface area contributed by atoms with Crippen molar-refractivity contribution in [1.82, 2.24) is 9.97 Å². The SMILES string of the molecule is Cc1cc(Cl)nc(NC(=O)c2cc3ccccc3o2)n1. The normalized spacial score (nSPS) is 10.7. The van der Waals surface area contributed by atoms with Crippen molar-refractivity contribution in [3.63, 3.8) is 0 Å². The number of rotatable bonds is 2. The van der Waals surface area contributed by atoms with Crippen LogP contribution in [0.2, 0.25) is 5.15 Å². The van der Waals surface area contributed by atoms with E-state index in [2.05, 4.69) is 15.3 Å². The lowest BCUT2D eigenvalue weighted by molar-refractivity contribution is 0.0998. The van der Waals surface area contributed by atoms with Gasteiger partial charge in [0.15, 0.2) is 5.76 Å². The molecule has 100 valence electrons. The monoisotopic (exact) mass is 287 g/mol. The quantitative estimate of drug-likeness (QED) is 0.733. The van der Waals surface area contributed by atoms with Crippen molar-refractivity contribution < 1.29 is 9.21 Å². The topological polar surface area (TPSA) is 68.0 Å². The van der Waals surface area contributed by atoms with Gasteiger partial charge in [0.25, 0.3) is 5.91 Å². The standard InChI is InChI=1S/C14H10ClN3O2/c1-8-6-12(15)17-14(16-8)18-13(19)11-7-9-4-2-3-5-10(9)20-11/h2-7H,1H3,(H,16,17,18,19). The third-order valence-corrected chi connectivity index (χ3v) is 2.89. The molecular formula is C14H10ClN3O2. The maximum atomic E-state index is 12.1. The Bertz CT molecular complexity index is 745. The number of amides is 1. The number of carbonyl (C=O) groups is 1. The Hall–Kier alpha value is -2.40. The van der Waals surface area contributed by atoms with Crippen LogP contribution < -0.4 is 5.32 Å². The number of halogens is 1. The van der Waals surface area contributed by atoms with Gasteiger partial charge in [0.2, 0.25) is 5.95 Å². The molecular weight excluding hydrogens is 278 g/mol. The Balaban J connectivity index is 1.88. The van der Waals surface area contributed by atoms with Crippen molar-refractivity contribution in [1.29, 1.82) is 0 Å². The van der Waals surface area contributed by atoms with Crippen LogP contribution in [0.5, 0.6) is 0 Å². The lowest BCUT2D eigenvalue weighted by Crippen LogP contribution is -2.13. The summed E-state index contributed by atoms with van der Waals surface area (Å²) in [5.41, 5.74) is 1.32. The molecule has 0 bridgehead atoms. The Kier molecular flexibility index (Phi) is 3.12. The highest BCUT2D eigenvalue weighted by molar-refractivity contribution is 6.29. The van der Waals surface area contributed by atoms with E-state index in [4.69, 9.17) is 16.0 Å². The molecule has 0 aliphatic carbocycles. The highest BCUT2D eigenvalue weighted by Crippen LogP contribution is 2.19. The van der Waals surface area contributed by atoms with Crippen molar-refractivity contribution in [2.45, 2.75) is 6.92 Å². The molecule has 3 rings (SSSR count). The van der Waals surface area contributed by atoms with Crippen LogP contribution in [0.4, 0.5) is 5.95 Å². The second kappa shape index (κ2) is 4.94. The summed E-state index contributed by atoms with van der Waals surface area (Å²) >= 11 is 5.82. The van der Waals surface area contributed by atoms with Crippen LogP contribution in [0.1, 0.15) is 16.2 Å². The van der Waals surface area contributed by atoms with Gasteiger partial charge in [-0.25, -0.2) is 9.97 Å². The zero-order valence-electron chi connectivity index (χ0n) is 10.6. The van der Waals surface area contributed by atoms with Gasteiger partial charge >= 0.3 is 0 Å². The van der Waals surface area contributed by atoms with Crippen LogP contribution in [0.3, 0.4) is 0 Å². The molecule has 1 amide bonds. The number of furan rings is 1. The van der Waals surface area contributed by atoms with E-state index >= 15 is 0 Å². The first-order valence-electron chi connectivity index (χ1n) is 5.93. The second-order valence-corrected chi connectivity index (χ2v) is 4.65. The molecule has 6 heteroatoms. The highest BCUT2D eigenvalue weighted by Gasteiger charge is 2.13. The number of aromatic nitrogens is 2. The lowest BCUT2D eigenvalue weighted by Gasteiger charge is -2.02. The van der Waals surface area contributed by atoms with E-state index in [9.17, 15) is 4.79 Å². The van der Waals surface area contributed by atoms with E-state index in [0.29, 0.717) is 11.3 Å².